The van der Waals surface area contributed by atoms with Gasteiger partial charge in [-0.1, -0.05) is 11.6 Å². The van der Waals surface area contributed by atoms with Gasteiger partial charge in [-0.3, -0.25) is 4.90 Å². The maximum atomic E-state index is 13.0. The van der Waals surface area contributed by atoms with E-state index in [1.54, 1.807) is 6.07 Å². The lowest BCUT2D eigenvalue weighted by atomic mass is 9.82. The molecule has 2 saturated heterocycles. The van der Waals surface area contributed by atoms with Gasteiger partial charge in [-0.15, -0.1) is 0 Å². The highest BCUT2D eigenvalue weighted by Gasteiger charge is 2.46. The standard InChI is InChI=1S/C25H31ClN4O6S/c1-15-22(29-21-6-5-19(11-20(21)26)37(3,32)33)27-14-28-23(15)35-18-9-16-12-34-13-17(10-18)30(16)24(31)36-25(2)7-4-8-25/h5-6,11,14,16-18H,4,7-10,12-13H2,1-3H3,(H,27,28,29). The van der Waals surface area contributed by atoms with E-state index in [1.807, 2.05) is 18.7 Å². The lowest BCUT2D eigenvalue weighted by molar-refractivity contribution is -0.114. The van der Waals surface area contributed by atoms with Gasteiger partial charge in [-0.2, -0.15) is 0 Å². The van der Waals surface area contributed by atoms with E-state index in [0.29, 0.717) is 49.0 Å². The van der Waals surface area contributed by atoms with Gasteiger partial charge in [-0.25, -0.2) is 23.2 Å². The zero-order chi connectivity index (χ0) is 26.4. The Balaban J connectivity index is 1.27. The molecule has 2 bridgehead atoms. The molecule has 3 aliphatic rings. The van der Waals surface area contributed by atoms with Gasteiger partial charge in [0, 0.05) is 19.1 Å². The summed E-state index contributed by atoms with van der Waals surface area (Å²) in [5, 5.41) is 3.40. The van der Waals surface area contributed by atoms with Crippen LogP contribution in [0.4, 0.5) is 16.3 Å². The molecule has 1 amide bonds. The summed E-state index contributed by atoms with van der Waals surface area (Å²) >= 11 is 6.32. The van der Waals surface area contributed by atoms with Gasteiger partial charge in [0.15, 0.2) is 9.84 Å². The largest absolute Gasteiger partial charge is 0.474 e. The molecule has 10 nitrogen and oxygen atoms in total. The molecule has 1 N–H and O–H groups in total. The van der Waals surface area contributed by atoms with Crippen LogP contribution in [0.3, 0.4) is 0 Å². The summed E-state index contributed by atoms with van der Waals surface area (Å²) in [5.41, 5.74) is 0.849. The Labute approximate surface area is 221 Å². The molecule has 2 aliphatic heterocycles. The zero-order valence-corrected chi connectivity index (χ0v) is 22.6. The molecular formula is C25H31ClN4O6S. The van der Waals surface area contributed by atoms with Crippen LogP contribution in [0.15, 0.2) is 29.4 Å². The van der Waals surface area contributed by atoms with Crippen molar-refractivity contribution in [2.45, 2.75) is 74.6 Å². The first-order valence-electron chi connectivity index (χ1n) is 12.4. The topological polar surface area (TPSA) is 120 Å². The molecule has 2 unspecified atom stereocenters. The minimum atomic E-state index is -3.37. The lowest BCUT2D eigenvalue weighted by Crippen LogP contribution is -2.62. The van der Waals surface area contributed by atoms with Crippen LogP contribution in [0.5, 0.6) is 5.88 Å². The van der Waals surface area contributed by atoms with Crippen molar-refractivity contribution < 1.29 is 27.4 Å². The molecule has 200 valence electrons. The fourth-order valence-corrected chi connectivity index (χ4v) is 6.03. The van der Waals surface area contributed by atoms with Crippen LogP contribution >= 0.6 is 11.6 Å². The molecule has 12 heteroatoms. The van der Waals surface area contributed by atoms with Gasteiger partial charge >= 0.3 is 6.09 Å². The van der Waals surface area contributed by atoms with Crippen LogP contribution in [0.25, 0.3) is 0 Å². The molecule has 1 aromatic heterocycles. The maximum Gasteiger partial charge on any atom is 0.410 e. The number of hydrogen-bond donors (Lipinski definition) is 1. The number of anilines is 2. The number of hydrogen-bond acceptors (Lipinski definition) is 9. The average Bonchev–Trinajstić information content (AvgIpc) is 2.80. The number of sulfone groups is 1. The number of carbonyl (C=O) groups is 1. The molecule has 1 aromatic carbocycles. The third-order valence-electron chi connectivity index (χ3n) is 7.37. The number of halogens is 1. The Hall–Kier alpha value is -2.63. The molecule has 1 saturated carbocycles. The predicted octanol–water partition coefficient (Wildman–Crippen LogP) is 4.28. The van der Waals surface area contributed by atoms with E-state index in [9.17, 15) is 13.2 Å². The maximum absolute atomic E-state index is 13.0. The van der Waals surface area contributed by atoms with E-state index in [4.69, 9.17) is 25.8 Å². The van der Waals surface area contributed by atoms with Gasteiger partial charge in [0.25, 0.3) is 0 Å². The number of carbonyl (C=O) groups excluding carboxylic acids is 1. The lowest BCUT2D eigenvalue weighted by Gasteiger charge is -2.49. The fraction of sp³-hybridized carbons (Fsp3) is 0.560. The van der Waals surface area contributed by atoms with Crippen molar-refractivity contribution in [3.05, 3.63) is 35.1 Å². The summed E-state index contributed by atoms with van der Waals surface area (Å²) in [5.74, 6) is 0.931. The van der Waals surface area contributed by atoms with E-state index < -0.39 is 9.84 Å². The molecule has 5 rings (SSSR count). The van der Waals surface area contributed by atoms with Crippen molar-refractivity contribution >= 4 is 39.0 Å². The SMILES string of the molecule is Cc1c(Nc2ccc(S(C)(=O)=O)cc2Cl)ncnc1OC1CC2COCC(C1)N2C(=O)OC1(C)CCC1. The minimum Gasteiger partial charge on any atom is -0.474 e. The fourth-order valence-electron chi connectivity index (χ4n) is 5.09. The van der Waals surface area contributed by atoms with Crippen LogP contribution in [-0.2, 0) is 19.3 Å². The molecule has 2 aromatic rings. The molecule has 2 atom stereocenters. The van der Waals surface area contributed by atoms with Crippen molar-refractivity contribution in [2.75, 3.05) is 24.8 Å². The molecule has 0 radical (unpaired) electrons. The van der Waals surface area contributed by atoms with Crippen LogP contribution < -0.4 is 10.1 Å². The Bertz CT molecular complexity index is 1290. The summed E-state index contributed by atoms with van der Waals surface area (Å²) in [4.78, 5) is 23.6. The van der Waals surface area contributed by atoms with Gasteiger partial charge in [0.2, 0.25) is 5.88 Å². The number of fused-ring (bicyclic) bond motifs is 2. The Kier molecular flexibility index (Phi) is 6.97. The highest BCUT2D eigenvalue weighted by atomic mass is 35.5. The Morgan fingerprint density at radius 2 is 1.92 bits per heavy atom. The minimum absolute atomic E-state index is 0.124. The molecule has 3 heterocycles. The third-order valence-corrected chi connectivity index (χ3v) is 8.79. The summed E-state index contributed by atoms with van der Waals surface area (Å²) < 4.78 is 41.5. The number of nitrogens with zero attached hydrogens (tertiary/aromatic N) is 3. The monoisotopic (exact) mass is 550 g/mol. The smallest absolute Gasteiger partial charge is 0.410 e. The number of benzene rings is 1. The summed E-state index contributed by atoms with van der Waals surface area (Å²) in [6, 6.07) is 4.24. The van der Waals surface area contributed by atoms with Crippen molar-refractivity contribution in [2.24, 2.45) is 0 Å². The second kappa shape index (κ2) is 9.92. The number of ether oxygens (including phenoxy) is 3. The highest BCUT2D eigenvalue weighted by Crippen LogP contribution is 2.38. The molecule has 3 fully saturated rings. The normalized spacial score (nSPS) is 24.6. The second-order valence-corrected chi connectivity index (χ2v) is 12.7. The zero-order valence-electron chi connectivity index (χ0n) is 21.1. The summed E-state index contributed by atoms with van der Waals surface area (Å²) in [6.07, 6.45) is 6.22. The average molecular weight is 551 g/mol. The van der Waals surface area contributed by atoms with E-state index in [-0.39, 0.29) is 39.8 Å². The molecular weight excluding hydrogens is 520 g/mol. The second-order valence-electron chi connectivity index (χ2n) is 10.3. The first kappa shape index (κ1) is 26.0. The van der Waals surface area contributed by atoms with Crippen LogP contribution in [-0.4, -0.2) is 72.6 Å². The van der Waals surface area contributed by atoms with Gasteiger partial charge in [0.1, 0.15) is 23.9 Å². The van der Waals surface area contributed by atoms with Crippen molar-refractivity contribution in [1.82, 2.24) is 14.9 Å². The number of aromatic nitrogens is 2. The van der Waals surface area contributed by atoms with Crippen LogP contribution in [0.1, 0.15) is 44.6 Å². The number of nitrogens with one attached hydrogen (secondary N) is 1. The number of rotatable bonds is 6. The quantitative estimate of drug-likeness (QED) is 0.562. The molecule has 37 heavy (non-hydrogen) atoms. The first-order valence-corrected chi connectivity index (χ1v) is 14.6. The van der Waals surface area contributed by atoms with E-state index in [0.717, 1.165) is 25.5 Å². The third kappa shape index (κ3) is 5.49. The highest BCUT2D eigenvalue weighted by molar-refractivity contribution is 7.90. The molecule has 1 aliphatic carbocycles. The van der Waals surface area contributed by atoms with Gasteiger partial charge < -0.3 is 19.5 Å². The number of piperidine rings is 1. The summed E-state index contributed by atoms with van der Waals surface area (Å²) in [7, 11) is -3.37. The van der Waals surface area contributed by atoms with E-state index in [1.165, 1.54) is 18.5 Å². The Morgan fingerprint density at radius 3 is 2.51 bits per heavy atom. The first-order chi connectivity index (χ1) is 17.5. The van der Waals surface area contributed by atoms with Crippen molar-refractivity contribution in [3.8, 4) is 5.88 Å². The number of amides is 1. The van der Waals surface area contributed by atoms with E-state index in [2.05, 4.69) is 15.3 Å². The van der Waals surface area contributed by atoms with Gasteiger partial charge in [0.05, 0.1) is 46.5 Å². The van der Waals surface area contributed by atoms with Crippen molar-refractivity contribution in [3.63, 3.8) is 0 Å². The van der Waals surface area contributed by atoms with Gasteiger partial charge in [-0.05, 0) is 51.3 Å². The van der Waals surface area contributed by atoms with E-state index >= 15 is 0 Å². The van der Waals surface area contributed by atoms with Crippen LogP contribution in [0.2, 0.25) is 5.02 Å². The Morgan fingerprint density at radius 1 is 1.22 bits per heavy atom. The number of morpholine rings is 1. The molecule has 0 spiro atoms. The predicted molar refractivity (Wildman–Crippen MR) is 137 cm³/mol. The summed E-state index contributed by atoms with van der Waals surface area (Å²) in [6.45, 7) is 4.72. The van der Waals surface area contributed by atoms with Crippen molar-refractivity contribution in [1.29, 1.82) is 0 Å². The van der Waals surface area contributed by atoms with Crippen LogP contribution in [0, 0.1) is 6.92 Å².